The van der Waals surface area contributed by atoms with E-state index in [1.165, 1.54) is 18.2 Å². The summed E-state index contributed by atoms with van der Waals surface area (Å²) in [5.41, 5.74) is -1.80. The fourth-order valence-corrected chi connectivity index (χ4v) is 2.07. The van der Waals surface area contributed by atoms with E-state index >= 15 is 0 Å². The zero-order valence-corrected chi connectivity index (χ0v) is 11.0. The van der Waals surface area contributed by atoms with E-state index in [-0.39, 0.29) is 15.6 Å². The Kier molecular flexibility index (Phi) is 3.74. The molecule has 2 aromatic carbocycles. The Labute approximate surface area is 116 Å². The highest BCUT2D eigenvalue weighted by Crippen LogP contribution is 2.38. The van der Waals surface area contributed by atoms with Gasteiger partial charge in [-0.2, -0.15) is 0 Å². The molecule has 0 radical (unpaired) electrons. The van der Waals surface area contributed by atoms with Crippen molar-refractivity contribution in [1.82, 2.24) is 0 Å². The Balaban J connectivity index is 2.87. The molecule has 19 heavy (non-hydrogen) atoms. The van der Waals surface area contributed by atoms with E-state index in [4.69, 9.17) is 23.2 Å². The molecule has 0 aromatic heterocycles. The van der Waals surface area contributed by atoms with Gasteiger partial charge < -0.3 is 0 Å². The predicted molar refractivity (Wildman–Crippen MR) is 66.5 cm³/mol. The second kappa shape index (κ2) is 5.02. The summed E-state index contributed by atoms with van der Waals surface area (Å²) in [5.74, 6) is -5.91. The van der Waals surface area contributed by atoms with Crippen molar-refractivity contribution in [2.75, 3.05) is 0 Å². The molecule has 0 fully saturated rings. The molecule has 0 spiro atoms. The van der Waals surface area contributed by atoms with Crippen LogP contribution < -0.4 is 0 Å². The largest absolute Gasteiger partial charge is 0.203 e. The molecule has 0 atom stereocenters. The van der Waals surface area contributed by atoms with Crippen molar-refractivity contribution < 1.29 is 17.6 Å². The Bertz CT molecular complexity index is 639. The predicted octanol–water partition coefficient (Wildman–Crippen LogP) is 5.53. The highest BCUT2D eigenvalue weighted by Gasteiger charge is 2.25. The van der Waals surface area contributed by atoms with E-state index in [0.717, 1.165) is 6.92 Å². The van der Waals surface area contributed by atoms with Gasteiger partial charge in [0.05, 0.1) is 15.6 Å². The Morgan fingerprint density at radius 3 is 1.89 bits per heavy atom. The van der Waals surface area contributed by atoms with Crippen LogP contribution in [0.1, 0.15) is 5.56 Å². The van der Waals surface area contributed by atoms with Crippen molar-refractivity contribution in [2.45, 2.75) is 6.92 Å². The fourth-order valence-electron chi connectivity index (χ4n) is 1.67. The lowest BCUT2D eigenvalue weighted by Gasteiger charge is -2.11. The van der Waals surface area contributed by atoms with Crippen LogP contribution in [0.4, 0.5) is 17.6 Å². The van der Waals surface area contributed by atoms with Crippen molar-refractivity contribution in [2.24, 2.45) is 0 Å². The molecule has 0 aliphatic carbocycles. The summed E-state index contributed by atoms with van der Waals surface area (Å²) in [6.07, 6.45) is 0. The van der Waals surface area contributed by atoms with Crippen LogP contribution in [0.25, 0.3) is 11.1 Å². The maximum atomic E-state index is 13.8. The molecule has 0 bridgehead atoms. The van der Waals surface area contributed by atoms with Crippen molar-refractivity contribution in [3.63, 3.8) is 0 Å². The lowest BCUT2D eigenvalue weighted by atomic mass is 10.0. The van der Waals surface area contributed by atoms with E-state index in [2.05, 4.69) is 0 Å². The lowest BCUT2D eigenvalue weighted by Crippen LogP contribution is -2.03. The van der Waals surface area contributed by atoms with Crippen LogP contribution in [0.15, 0.2) is 18.2 Å². The summed E-state index contributed by atoms with van der Waals surface area (Å²) in [7, 11) is 0. The monoisotopic (exact) mass is 308 g/mol. The van der Waals surface area contributed by atoms with Gasteiger partial charge in [0.2, 0.25) is 0 Å². The second-order valence-corrected chi connectivity index (χ2v) is 4.64. The van der Waals surface area contributed by atoms with Crippen molar-refractivity contribution in [3.8, 4) is 11.1 Å². The van der Waals surface area contributed by atoms with Gasteiger partial charge in [-0.1, -0.05) is 35.3 Å². The number of hydrogen-bond acceptors (Lipinski definition) is 0. The second-order valence-electron chi connectivity index (χ2n) is 3.86. The van der Waals surface area contributed by atoms with Crippen LogP contribution in [0.5, 0.6) is 0 Å². The zero-order chi connectivity index (χ0) is 14.3. The topological polar surface area (TPSA) is 0 Å². The first-order valence-corrected chi connectivity index (χ1v) is 5.88. The molecule has 0 amide bonds. The first-order valence-electron chi connectivity index (χ1n) is 5.13. The number of hydrogen-bond donors (Lipinski definition) is 0. The third-order valence-electron chi connectivity index (χ3n) is 2.70. The van der Waals surface area contributed by atoms with Gasteiger partial charge in [0.1, 0.15) is 0 Å². The maximum Gasteiger partial charge on any atom is 0.170 e. The summed E-state index contributed by atoms with van der Waals surface area (Å²) in [4.78, 5) is 0. The minimum absolute atomic E-state index is 0.0272. The van der Waals surface area contributed by atoms with E-state index in [1.807, 2.05) is 0 Å². The smallest absolute Gasteiger partial charge is 0.170 e. The molecule has 0 heterocycles. The number of rotatable bonds is 1. The molecule has 0 aliphatic rings. The zero-order valence-electron chi connectivity index (χ0n) is 9.50. The SMILES string of the molecule is Cc1c(F)c(F)c(-c2cccc(Cl)c2Cl)c(F)c1F. The van der Waals surface area contributed by atoms with Crippen molar-refractivity contribution in [3.05, 3.63) is 57.1 Å². The molecule has 0 saturated carbocycles. The first-order chi connectivity index (χ1) is 8.86. The summed E-state index contributed by atoms with van der Waals surface area (Å²) in [6, 6.07) is 3.99. The molecule has 100 valence electrons. The average molecular weight is 309 g/mol. The van der Waals surface area contributed by atoms with Crippen LogP contribution in [0, 0.1) is 30.2 Å². The van der Waals surface area contributed by atoms with E-state index in [1.54, 1.807) is 0 Å². The highest BCUT2D eigenvalue weighted by atomic mass is 35.5. The van der Waals surface area contributed by atoms with Gasteiger partial charge in [-0.05, 0) is 13.0 Å². The molecule has 6 heteroatoms. The molecule has 2 aromatic rings. The summed E-state index contributed by atoms with van der Waals surface area (Å²) >= 11 is 11.5. The number of benzene rings is 2. The maximum absolute atomic E-state index is 13.8. The molecule has 0 aliphatic heterocycles. The summed E-state index contributed by atoms with van der Waals surface area (Å²) in [6.45, 7) is 0.945. The third kappa shape index (κ3) is 2.19. The fraction of sp³-hybridized carbons (Fsp3) is 0.0769. The standard InChI is InChI=1S/C13H6Cl2F4/c1-5-10(16)12(18)8(13(19)11(5)17)6-3-2-4-7(14)9(6)15/h2-4H,1H3. The van der Waals surface area contributed by atoms with Crippen molar-refractivity contribution in [1.29, 1.82) is 0 Å². The van der Waals surface area contributed by atoms with E-state index in [0.29, 0.717) is 0 Å². The van der Waals surface area contributed by atoms with Gasteiger partial charge in [-0.15, -0.1) is 0 Å². The van der Waals surface area contributed by atoms with E-state index in [9.17, 15) is 17.6 Å². The van der Waals surface area contributed by atoms with Crippen LogP contribution >= 0.6 is 23.2 Å². The summed E-state index contributed by atoms with van der Waals surface area (Å²) < 4.78 is 54.6. The van der Waals surface area contributed by atoms with Crippen LogP contribution in [-0.4, -0.2) is 0 Å². The van der Waals surface area contributed by atoms with Crippen LogP contribution in [0.3, 0.4) is 0 Å². The molecular weight excluding hydrogens is 303 g/mol. The van der Waals surface area contributed by atoms with Gasteiger partial charge in [-0.3, -0.25) is 0 Å². The molecule has 0 unspecified atom stereocenters. The minimum atomic E-state index is -1.50. The number of halogens is 6. The van der Waals surface area contributed by atoms with Gasteiger partial charge in [0.15, 0.2) is 23.3 Å². The average Bonchev–Trinajstić information content (AvgIpc) is 2.39. The van der Waals surface area contributed by atoms with Crippen LogP contribution in [-0.2, 0) is 0 Å². The highest BCUT2D eigenvalue weighted by molar-refractivity contribution is 6.43. The molecule has 2 rings (SSSR count). The Hall–Kier alpha value is -1.26. The minimum Gasteiger partial charge on any atom is -0.203 e. The lowest BCUT2D eigenvalue weighted by molar-refractivity contribution is 0.449. The third-order valence-corrected chi connectivity index (χ3v) is 3.52. The van der Waals surface area contributed by atoms with Gasteiger partial charge in [0.25, 0.3) is 0 Å². The Morgan fingerprint density at radius 1 is 0.842 bits per heavy atom. The Morgan fingerprint density at radius 2 is 1.37 bits per heavy atom. The van der Waals surface area contributed by atoms with Gasteiger partial charge in [0, 0.05) is 11.1 Å². The van der Waals surface area contributed by atoms with Crippen LogP contribution in [0.2, 0.25) is 10.0 Å². The normalized spacial score (nSPS) is 10.9. The quantitative estimate of drug-likeness (QED) is 0.480. The molecule has 0 saturated heterocycles. The molecular formula is C13H6Cl2F4. The van der Waals surface area contributed by atoms with Gasteiger partial charge >= 0.3 is 0 Å². The van der Waals surface area contributed by atoms with E-state index < -0.39 is 34.4 Å². The summed E-state index contributed by atoms with van der Waals surface area (Å²) in [5, 5.41) is -0.149. The van der Waals surface area contributed by atoms with Gasteiger partial charge in [-0.25, -0.2) is 17.6 Å². The molecule has 0 N–H and O–H groups in total. The molecule has 0 nitrogen and oxygen atoms in total. The van der Waals surface area contributed by atoms with Crippen molar-refractivity contribution >= 4 is 23.2 Å². The first kappa shape index (κ1) is 14.2.